The molecule has 90 valence electrons. The number of hydrogen-bond acceptors (Lipinski definition) is 1. The lowest BCUT2D eigenvalue weighted by molar-refractivity contribution is -0.140. The summed E-state index contributed by atoms with van der Waals surface area (Å²) in [6, 6.07) is 7.38. The second-order valence-electron chi connectivity index (χ2n) is 3.56. The standard InChI is InChI=1S/C11H8BrF3N2/c12-9-3-1-8(2-4-9)5-17-6-10(16-7-17)11(13,14)15/h1-4,6-7H,5H2. The average Bonchev–Trinajstić information content (AvgIpc) is 2.69. The molecular weight excluding hydrogens is 297 g/mol. The first kappa shape index (κ1) is 12.2. The van der Waals surface area contributed by atoms with Crippen molar-refractivity contribution in [1.82, 2.24) is 9.55 Å². The number of aromatic nitrogens is 2. The Kier molecular flexibility index (Phi) is 3.24. The van der Waals surface area contributed by atoms with Crippen molar-refractivity contribution in [3.63, 3.8) is 0 Å². The Bertz CT molecular complexity index is 502. The highest BCUT2D eigenvalue weighted by atomic mass is 79.9. The predicted molar refractivity (Wildman–Crippen MR) is 60.5 cm³/mol. The summed E-state index contributed by atoms with van der Waals surface area (Å²) in [5.41, 5.74) is 0.0499. The number of hydrogen-bond donors (Lipinski definition) is 0. The van der Waals surface area contributed by atoms with Crippen LogP contribution in [0.25, 0.3) is 0 Å². The lowest BCUT2D eigenvalue weighted by atomic mass is 10.2. The maximum atomic E-state index is 12.3. The van der Waals surface area contributed by atoms with Crippen LogP contribution in [0.15, 0.2) is 41.3 Å². The second kappa shape index (κ2) is 4.52. The molecule has 1 heterocycles. The lowest BCUT2D eigenvalue weighted by Crippen LogP contribution is -2.05. The summed E-state index contributed by atoms with van der Waals surface area (Å²) in [6.07, 6.45) is -2.20. The van der Waals surface area contributed by atoms with Gasteiger partial charge in [-0.05, 0) is 17.7 Å². The molecule has 1 aromatic heterocycles. The first-order valence-corrected chi connectivity index (χ1v) is 5.58. The van der Waals surface area contributed by atoms with E-state index in [0.29, 0.717) is 6.54 Å². The highest BCUT2D eigenvalue weighted by molar-refractivity contribution is 9.10. The van der Waals surface area contributed by atoms with Crippen LogP contribution in [0.2, 0.25) is 0 Å². The molecule has 0 unspecified atom stereocenters. The highest BCUT2D eigenvalue weighted by Gasteiger charge is 2.33. The molecule has 0 atom stereocenters. The average molecular weight is 305 g/mol. The molecule has 2 rings (SSSR count). The van der Waals surface area contributed by atoms with E-state index in [1.807, 2.05) is 24.3 Å². The maximum absolute atomic E-state index is 12.3. The summed E-state index contributed by atoms with van der Waals surface area (Å²) in [6.45, 7) is 0.371. The summed E-state index contributed by atoms with van der Waals surface area (Å²) in [5.74, 6) is 0. The van der Waals surface area contributed by atoms with Gasteiger partial charge in [-0.15, -0.1) is 0 Å². The van der Waals surface area contributed by atoms with Crippen molar-refractivity contribution >= 4 is 15.9 Å². The first-order valence-electron chi connectivity index (χ1n) is 4.78. The van der Waals surface area contributed by atoms with Crippen molar-refractivity contribution < 1.29 is 13.2 Å². The second-order valence-corrected chi connectivity index (χ2v) is 4.47. The summed E-state index contributed by atoms with van der Waals surface area (Å²) in [5, 5.41) is 0. The number of imidazole rings is 1. The molecule has 6 heteroatoms. The molecule has 2 aromatic rings. The van der Waals surface area contributed by atoms with Gasteiger partial charge in [0.25, 0.3) is 0 Å². The van der Waals surface area contributed by atoms with E-state index < -0.39 is 11.9 Å². The number of halogens is 4. The summed E-state index contributed by atoms with van der Waals surface area (Å²) in [4.78, 5) is 3.33. The number of nitrogens with zero attached hydrogens (tertiary/aromatic N) is 2. The fourth-order valence-corrected chi connectivity index (χ4v) is 1.66. The van der Waals surface area contributed by atoms with E-state index in [2.05, 4.69) is 20.9 Å². The molecular formula is C11H8BrF3N2. The molecule has 0 spiro atoms. The van der Waals surface area contributed by atoms with Crippen molar-refractivity contribution in [1.29, 1.82) is 0 Å². The maximum Gasteiger partial charge on any atom is 0.434 e. The van der Waals surface area contributed by atoms with Crippen LogP contribution in [0.3, 0.4) is 0 Å². The third-order valence-electron chi connectivity index (χ3n) is 2.20. The minimum atomic E-state index is -4.38. The molecule has 0 aliphatic rings. The van der Waals surface area contributed by atoms with Crippen molar-refractivity contribution in [2.75, 3.05) is 0 Å². The van der Waals surface area contributed by atoms with E-state index >= 15 is 0 Å². The summed E-state index contributed by atoms with van der Waals surface area (Å²) in [7, 11) is 0. The molecule has 0 aliphatic heterocycles. The molecule has 17 heavy (non-hydrogen) atoms. The molecule has 0 saturated carbocycles. The summed E-state index contributed by atoms with van der Waals surface area (Å²) < 4.78 is 39.3. The zero-order valence-corrected chi connectivity index (χ0v) is 10.2. The fraction of sp³-hybridized carbons (Fsp3) is 0.182. The Hall–Kier alpha value is -1.30. The van der Waals surface area contributed by atoms with Crippen molar-refractivity contribution in [3.8, 4) is 0 Å². The van der Waals surface area contributed by atoms with Crippen molar-refractivity contribution in [2.24, 2.45) is 0 Å². The molecule has 1 aromatic carbocycles. The number of alkyl halides is 3. The van der Waals surface area contributed by atoms with Gasteiger partial charge in [-0.2, -0.15) is 13.2 Å². The van der Waals surface area contributed by atoms with Crippen LogP contribution in [0.4, 0.5) is 13.2 Å². The number of benzene rings is 1. The molecule has 0 N–H and O–H groups in total. The topological polar surface area (TPSA) is 17.8 Å². The van der Waals surface area contributed by atoms with E-state index in [4.69, 9.17) is 0 Å². The normalized spacial score (nSPS) is 11.8. The van der Waals surface area contributed by atoms with Crippen molar-refractivity contribution in [2.45, 2.75) is 12.7 Å². The first-order chi connectivity index (χ1) is 7.95. The smallest absolute Gasteiger partial charge is 0.332 e. The van der Waals surface area contributed by atoms with Gasteiger partial charge in [0, 0.05) is 17.2 Å². The lowest BCUT2D eigenvalue weighted by Gasteiger charge is -2.03. The van der Waals surface area contributed by atoms with Gasteiger partial charge in [0.2, 0.25) is 0 Å². The van der Waals surface area contributed by atoms with Gasteiger partial charge < -0.3 is 4.57 Å². The molecule has 0 aliphatic carbocycles. The molecule has 0 bridgehead atoms. The molecule has 0 amide bonds. The zero-order valence-electron chi connectivity index (χ0n) is 8.58. The Labute approximate surface area is 104 Å². The van der Waals surface area contributed by atoms with Gasteiger partial charge in [-0.25, -0.2) is 4.98 Å². The quantitative estimate of drug-likeness (QED) is 0.827. The Morgan fingerprint density at radius 2 is 1.82 bits per heavy atom. The number of rotatable bonds is 2. The zero-order chi connectivity index (χ0) is 12.5. The molecule has 2 nitrogen and oxygen atoms in total. The van der Waals surface area contributed by atoms with Gasteiger partial charge in [0.1, 0.15) is 0 Å². The van der Waals surface area contributed by atoms with Crippen molar-refractivity contribution in [3.05, 3.63) is 52.5 Å². The van der Waals surface area contributed by atoms with Gasteiger partial charge in [0.15, 0.2) is 5.69 Å². The predicted octanol–water partition coefficient (Wildman–Crippen LogP) is 3.71. The Morgan fingerprint density at radius 1 is 1.18 bits per heavy atom. The van der Waals surface area contributed by atoms with E-state index in [1.54, 1.807) is 0 Å². The van der Waals surface area contributed by atoms with Crippen LogP contribution < -0.4 is 0 Å². The third-order valence-corrected chi connectivity index (χ3v) is 2.73. The molecule has 0 fully saturated rings. The minimum absolute atomic E-state index is 0.371. The van der Waals surface area contributed by atoms with Crippen LogP contribution in [-0.4, -0.2) is 9.55 Å². The van der Waals surface area contributed by atoms with Crippen LogP contribution in [-0.2, 0) is 12.7 Å². The monoisotopic (exact) mass is 304 g/mol. The van der Waals surface area contributed by atoms with E-state index in [-0.39, 0.29) is 0 Å². The third kappa shape index (κ3) is 3.09. The van der Waals surface area contributed by atoms with Gasteiger partial charge >= 0.3 is 6.18 Å². The van der Waals surface area contributed by atoms with E-state index in [1.165, 1.54) is 10.9 Å². The highest BCUT2D eigenvalue weighted by Crippen LogP contribution is 2.27. The Balaban J connectivity index is 2.14. The molecule has 0 radical (unpaired) electrons. The van der Waals surface area contributed by atoms with Gasteiger partial charge in [-0.3, -0.25) is 0 Å². The van der Waals surface area contributed by atoms with E-state index in [9.17, 15) is 13.2 Å². The van der Waals surface area contributed by atoms with Crippen LogP contribution in [0.5, 0.6) is 0 Å². The Morgan fingerprint density at radius 3 is 2.35 bits per heavy atom. The van der Waals surface area contributed by atoms with Crippen LogP contribution in [0, 0.1) is 0 Å². The van der Waals surface area contributed by atoms with E-state index in [0.717, 1.165) is 16.2 Å². The largest absolute Gasteiger partial charge is 0.434 e. The SMILES string of the molecule is FC(F)(F)c1cn(Cc2ccc(Br)cc2)cn1. The minimum Gasteiger partial charge on any atom is -0.332 e. The van der Waals surface area contributed by atoms with Crippen LogP contribution >= 0.6 is 15.9 Å². The molecule has 0 saturated heterocycles. The van der Waals surface area contributed by atoms with Crippen LogP contribution in [0.1, 0.15) is 11.3 Å². The van der Waals surface area contributed by atoms with Gasteiger partial charge in [-0.1, -0.05) is 28.1 Å². The van der Waals surface area contributed by atoms with Gasteiger partial charge in [0.05, 0.1) is 6.33 Å². The summed E-state index contributed by atoms with van der Waals surface area (Å²) >= 11 is 3.29. The fourth-order valence-electron chi connectivity index (χ4n) is 1.39.